The molecular weight excluding hydrogens is 820 g/mol. The fourth-order valence-electron chi connectivity index (χ4n) is 10.8. The van der Waals surface area contributed by atoms with Gasteiger partial charge in [-0.2, -0.15) is 0 Å². The van der Waals surface area contributed by atoms with Crippen LogP contribution < -0.4 is 40.1 Å². The van der Waals surface area contributed by atoms with Crippen LogP contribution in [0.3, 0.4) is 0 Å². The van der Waals surface area contributed by atoms with Crippen LogP contribution in [0.1, 0.15) is 51.4 Å². The lowest BCUT2D eigenvalue weighted by atomic mass is 10.0. The highest BCUT2D eigenvalue weighted by atomic mass is 19.1. The molecule has 0 saturated carbocycles. The summed E-state index contributed by atoms with van der Waals surface area (Å²) in [5.74, 6) is 0.873. The van der Waals surface area contributed by atoms with E-state index in [0.717, 1.165) is 67.3 Å². The number of phenolic OH excluding ortho intramolecular Hbond substituents is 1. The number of likely N-dealkylation sites (tertiary alicyclic amines) is 1. The van der Waals surface area contributed by atoms with Crippen molar-refractivity contribution in [2.45, 2.75) is 81.6 Å². The Labute approximate surface area is 371 Å². The van der Waals surface area contributed by atoms with Gasteiger partial charge in [0.2, 0.25) is 11.8 Å². The number of piperazine rings is 1. The van der Waals surface area contributed by atoms with Gasteiger partial charge in [0, 0.05) is 107 Å². The Bertz CT molecular complexity index is 2410. The Hall–Kier alpha value is -6.52. The number of carbonyl (C=O) groups excluding carboxylic acids is 3. The Morgan fingerprint density at radius 1 is 0.859 bits per heavy atom. The van der Waals surface area contributed by atoms with Crippen molar-refractivity contribution in [2.75, 3.05) is 84.8 Å². The minimum Gasteiger partial charge on any atom is -0.507 e. The number of amides is 4. The number of rotatable bonds is 8. The standard InChI is InChI=1S/C47H55FN10O6/c1-53(30-13-17-54(18-14-30)38-6-4-7-39-44(38)63-22-21-57(39)40-11-12-43(60)50-46(40)61)47(62)55-19-15-34(16-20-55)64-35-24-29(48)23-33(25-35)58-31-9-10-32(58)28-56(27-31)41-26-37(51-52-45(41)49)36-5-2-3-8-42(36)59/h2-8,23-26,30-32,34,40,59H,9-22,27-28H2,1H3,(H2,49,52)(H,50,60,61)/t31-,32+,40-/m0/s1. The number of hydrogen-bond acceptors (Lipinski definition) is 13. The average molecular weight is 875 g/mol. The summed E-state index contributed by atoms with van der Waals surface area (Å²) < 4.78 is 28.0. The minimum absolute atomic E-state index is 0.0126. The monoisotopic (exact) mass is 874 g/mol. The molecule has 1 aromatic heterocycles. The number of halogens is 1. The van der Waals surface area contributed by atoms with E-state index in [4.69, 9.17) is 15.2 Å². The Morgan fingerprint density at radius 2 is 1.61 bits per heavy atom. The molecular formula is C47H55FN10O6. The number of aromatic hydroxyl groups is 1. The molecule has 5 saturated heterocycles. The number of hydrogen-bond donors (Lipinski definition) is 3. The Balaban J connectivity index is 0.725. The summed E-state index contributed by atoms with van der Waals surface area (Å²) in [6.45, 7) is 4.98. The number of nitrogens with one attached hydrogen (secondary N) is 1. The SMILES string of the molecule is CN(C(=O)N1CCC(Oc2cc(F)cc(N3[C@@H]4CC[C@H]3CN(c3cc(-c5ccccc5O)nnc3N)C4)c2)CC1)C1CCN(c2cccc3c2OCCN3[C@H]2CCC(=O)NC2=O)CC1. The van der Waals surface area contributed by atoms with Gasteiger partial charge in [-0.1, -0.05) is 18.2 Å². The van der Waals surface area contributed by atoms with E-state index in [9.17, 15) is 19.5 Å². The molecule has 10 rings (SSSR count). The molecule has 336 valence electrons. The molecule has 6 aliphatic heterocycles. The maximum Gasteiger partial charge on any atom is 0.319 e. The normalized spacial score (nSPS) is 22.8. The number of urea groups is 1. The highest BCUT2D eigenvalue weighted by molar-refractivity contribution is 6.02. The highest BCUT2D eigenvalue weighted by Gasteiger charge is 2.42. The van der Waals surface area contributed by atoms with Gasteiger partial charge in [-0.15, -0.1) is 10.2 Å². The van der Waals surface area contributed by atoms with Crippen LogP contribution in [-0.4, -0.2) is 133 Å². The summed E-state index contributed by atoms with van der Waals surface area (Å²) in [6, 6.07) is 19.9. The van der Waals surface area contributed by atoms with Gasteiger partial charge in [-0.25, -0.2) is 9.18 Å². The molecule has 17 heteroatoms. The van der Waals surface area contributed by atoms with Gasteiger partial charge < -0.3 is 49.7 Å². The molecule has 7 heterocycles. The fourth-order valence-corrected chi connectivity index (χ4v) is 10.8. The second-order valence-electron chi connectivity index (χ2n) is 17.9. The van der Waals surface area contributed by atoms with Crippen molar-refractivity contribution >= 4 is 46.4 Å². The minimum atomic E-state index is -0.410. The summed E-state index contributed by atoms with van der Waals surface area (Å²) in [7, 11) is 1.90. The van der Waals surface area contributed by atoms with E-state index in [1.807, 2.05) is 47.2 Å². The fraction of sp³-hybridized carbons (Fsp3) is 0.468. The Kier molecular flexibility index (Phi) is 11.2. The number of fused-ring (bicyclic) bond motifs is 3. The number of benzene rings is 3. The van der Waals surface area contributed by atoms with Crippen molar-refractivity contribution < 1.29 is 33.4 Å². The van der Waals surface area contributed by atoms with E-state index in [1.165, 1.54) is 6.07 Å². The first-order chi connectivity index (χ1) is 31.1. The van der Waals surface area contributed by atoms with Gasteiger partial charge >= 0.3 is 6.03 Å². The number of nitrogens with two attached hydrogens (primary N) is 1. The predicted molar refractivity (Wildman–Crippen MR) is 241 cm³/mol. The third-order valence-corrected chi connectivity index (χ3v) is 14.1. The molecule has 4 amide bonds. The van der Waals surface area contributed by atoms with Crippen molar-refractivity contribution in [3.05, 3.63) is 72.5 Å². The van der Waals surface area contributed by atoms with Crippen molar-refractivity contribution in [3.8, 4) is 28.5 Å². The lowest BCUT2D eigenvalue weighted by Gasteiger charge is -2.43. The van der Waals surface area contributed by atoms with E-state index in [2.05, 4.69) is 41.2 Å². The molecule has 0 aliphatic carbocycles. The van der Waals surface area contributed by atoms with Crippen molar-refractivity contribution in [1.82, 2.24) is 25.3 Å². The zero-order valence-electron chi connectivity index (χ0n) is 36.1. The number of ether oxygens (including phenoxy) is 2. The zero-order valence-corrected chi connectivity index (χ0v) is 36.1. The summed E-state index contributed by atoms with van der Waals surface area (Å²) in [5, 5.41) is 21.4. The molecule has 0 spiro atoms. The van der Waals surface area contributed by atoms with Crippen LogP contribution >= 0.6 is 0 Å². The van der Waals surface area contributed by atoms with Gasteiger partial charge in [0.05, 0.1) is 29.3 Å². The molecule has 3 atom stereocenters. The number of aromatic nitrogens is 2. The summed E-state index contributed by atoms with van der Waals surface area (Å²) in [5.41, 5.74) is 10.9. The molecule has 6 aliphatic rings. The molecule has 64 heavy (non-hydrogen) atoms. The second-order valence-corrected chi connectivity index (χ2v) is 17.9. The van der Waals surface area contributed by atoms with Crippen LogP contribution in [0.25, 0.3) is 11.3 Å². The van der Waals surface area contributed by atoms with Gasteiger partial charge in [-0.05, 0) is 68.5 Å². The first kappa shape index (κ1) is 41.5. The summed E-state index contributed by atoms with van der Waals surface area (Å²) in [6.07, 6.45) is 5.46. The van der Waals surface area contributed by atoms with Crippen LogP contribution in [0.4, 0.5) is 37.8 Å². The second kappa shape index (κ2) is 17.2. The van der Waals surface area contributed by atoms with E-state index >= 15 is 4.39 Å². The lowest BCUT2D eigenvalue weighted by molar-refractivity contribution is -0.134. The van der Waals surface area contributed by atoms with Gasteiger partial charge in [0.15, 0.2) is 11.6 Å². The number of imide groups is 1. The maximum absolute atomic E-state index is 15.3. The molecule has 16 nitrogen and oxygen atoms in total. The molecule has 4 aromatic rings. The van der Waals surface area contributed by atoms with Gasteiger partial charge in [-0.3, -0.25) is 14.9 Å². The topological polar surface area (TPSA) is 173 Å². The number of carbonyl (C=O) groups is 3. The van der Waals surface area contributed by atoms with Crippen LogP contribution in [0, 0.1) is 5.82 Å². The Morgan fingerprint density at radius 3 is 2.36 bits per heavy atom. The average Bonchev–Trinajstić information content (AvgIpc) is 3.57. The largest absolute Gasteiger partial charge is 0.507 e. The lowest BCUT2D eigenvalue weighted by Crippen LogP contribution is -2.54. The number of phenols is 1. The quantitative estimate of drug-likeness (QED) is 0.202. The smallest absolute Gasteiger partial charge is 0.319 e. The van der Waals surface area contributed by atoms with Gasteiger partial charge in [0.25, 0.3) is 0 Å². The number of piperidine rings is 3. The predicted octanol–water partition coefficient (Wildman–Crippen LogP) is 5.00. The van der Waals surface area contributed by atoms with Crippen LogP contribution in [0.15, 0.2) is 66.7 Å². The van der Waals surface area contributed by atoms with E-state index in [0.29, 0.717) is 87.8 Å². The number of nitrogen functional groups attached to an aromatic ring is 1. The van der Waals surface area contributed by atoms with E-state index in [-0.39, 0.29) is 53.6 Å². The third kappa shape index (κ3) is 8.00. The first-order valence-corrected chi connectivity index (χ1v) is 22.6. The number of nitrogens with zero attached hydrogens (tertiary/aromatic N) is 8. The third-order valence-electron chi connectivity index (χ3n) is 14.1. The van der Waals surface area contributed by atoms with Crippen LogP contribution in [-0.2, 0) is 9.59 Å². The van der Waals surface area contributed by atoms with Crippen LogP contribution in [0.5, 0.6) is 17.2 Å². The van der Waals surface area contributed by atoms with Crippen molar-refractivity contribution in [1.29, 1.82) is 0 Å². The van der Waals surface area contributed by atoms with E-state index in [1.54, 1.807) is 24.3 Å². The van der Waals surface area contributed by atoms with Crippen molar-refractivity contribution in [2.24, 2.45) is 0 Å². The number of para-hydroxylation sites is 2. The van der Waals surface area contributed by atoms with Crippen LogP contribution in [0.2, 0.25) is 0 Å². The molecule has 0 unspecified atom stereocenters. The number of anilines is 5. The van der Waals surface area contributed by atoms with Crippen molar-refractivity contribution in [3.63, 3.8) is 0 Å². The summed E-state index contributed by atoms with van der Waals surface area (Å²) >= 11 is 0. The highest BCUT2D eigenvalue weighted by Crippen LogP contribution is 2.44. The molecule has 2 bridgehead atoms. The molecule has 5 fully saturated rings. The first-order valence-electron chi connectivity index (χ1n) is 22.6. The van der Waals surface area contributed by atoms with E-state index < -0.39 is 6.04 Å². The molecule has 4 N–H and O–H groups in total. The molecule has 0 radical (unpaired) electrons. The summed E-state index contributed by atoms with van der Waals surface area (Å²) in [4.78, 5) is 51.1. The molecule has 3 aromatic carbocycles. The zero-order chi connectivity index (χ0) is 44.1. The maximum atomic E-state index is 15.3. The van der Waals surface area contributed by atoms with Gasteiger partial charge in [0.1, 0.15) is 36.1 Å².